The van der Waals surface area contributed by atoms with Crippen LogP contribution in [-0.4, -0.2) is 18.0 Å². The number of pyridine rings is 1. The lowest BCUT2D eigenvalue weighted by Gasteiger charge is -2.16. The maximum absolute atomic E-state index is 12.6. The van der Waals surface area contributed by atoms with E-state index in [0.29, 0.717) is 11.0 Å². The topological polar surface area (TPSA) is 51.2 Å². The van der Waals surface area contributed by atoms with Crippen molar-refractivity contribution >= 4 is 23.3 Å². The molecule has 2 aromatic rings. The summed E-state index contributed by atoms with van der Waals surface area (Å²) in [4.78, 5) is 16.8. The Kier molecular flexibility index (Phi) is 3.79. The molecule has 0 atom stereocenters. The number of nitrogens with one attached hydrogen (secondary N) is 1. The van der Waals surface area contributed by atoms with E-state index in [1.165, 1.54) is 0 Å². The number of hydrogen-bond acceptors (Lipinski definition) is 3. The van der Waals surface area contributed by atoms with Crippen molar-refractivity contribution in [2.24, 2.45) is 0 Å². The van der Waals surface area contributed by atoms with Gasteiger partial charge in [0.1, 0.15) is 16.7 Å². The van der Waals surface area contributed by atoms with Crippen LogP contribution in [0.1, 0.15) is 24.0 Å². The van der Waals surface area contributed by atoms with Crippen LogP contribution < -0.4 is 10.1 Å². The molecule has 1 aliphatic carbocycles. The monoisotopic (exact) mass is 316 g/mol. The first-order valence-corrected chi connectivity index (χ1v) is 7.52. The Morgan fingerprint density at radius 2 is 1.91 bits per heavy atom. The van der Waals surface area contributed by atoms with E-state index >= 15 is 0 Å². The molecule has 0 unspecified atom stereocenters. The van der Waals surface area contributed by atoms with Crippen molar-refractivity contribution in [3.8, 4) is 5.75 Å². The highest BCUT2D eigenvalue weighted by molar-refractivity contribution is 6.30. The van der Waals surface area contributed by atoms with Gasteiger partial charge in [-0.1, -0.05) is 29.8 Å². The maximum Gasteiger partial charge on any atom is 0.236 e. The molecule has 22 heavy (non-hydrogen) atoms. The molecular weight excluding hydrogens is 300 g/mol. The van der Waals surface area contributed by atoms with Gasteiger partial charge in [0, 0.05) is 0 Å². The second-order valence-electron chi connectivity index (χ2n) is 5.57. The summed E-state index contributed by atoms with van der Waals surface area (Å²) in [6.07, 6.45) is 1.68. The molecule has 4 nitrogen and oxygen atoms in total. The van der Waals surface area contributed by atoms with E-state index in [9.17, 15) is 4.79 Å². The van der Waals surface area contributed by atoms with Crippen LogP contribution in [0.3, 0.4) is 0 Å². The molecule has 1 aromatic heterocycles. The first-order valence-electron chi connectivity index (χ1n) is 7.14. The number of hydrogen-bond donors (Lipinski definition) is 1. The van der Waals surface area contributed by atoms with Gasteiger partial charge in [0.25, 0.3) is 0 Å². The van der Waals surface area contributed by atoms with Crippen molar-refractivity contribution in [1.29, 1.82) is 0 Å². The minimum atomic E-state index is -0.453. The number of methoxy groups -OCH3 is 1. The van der Waals surface area contributed by atoms with Gasteiger partial charge in [0.05, 0.1) is 12.5 Å². The van der Waals surface area contributed by atoms with E-state index in [1.54, 1.807) is 13.2 Å². The van der Waals surface area contributed by atoms with Crippen LogP contribution in [0.2, 0.25) is 5.15 Å². The number of anilines is 1. The molecule has 1 heterocycles. The van der Waals surface area contributed by atoms with Crippen molar-refractivity contribution < 1.29 is 9.53 Å². The largest absolute Gasteiger partial charge is 0.497 e. The number of benzene rings is 1. The molecule has 0 saturated heterocycles. The number of carbonyl (C=O) groups is 1. The third-order valence-electron chi connectivity index (χ3n) is 4.10. The molecular formula is C17H17ClN2O2. The molecule has 1 amide bonds. The summed E-state index contributed by atoms with van der Waals surface area (Å²) in [7, 11) is 1.63. The van der Waals surface area contributed by atoms with E-state index in [-0.39, 0.29) is 5.91 Å². The highest BCUT2D eigenvalue weighted by atomic mass is 35.5. The number of amides is 1. The van der Waals surface area contributed by atoms with Crippen molar-refractivity contribution in [2.75, 3.05) is 12.4 Å². The van der Waals surface area contributed by atoms with Crippen molar-refractivity contribution in [3.05, 3.63) is 52.7 Å². The number of rotatable bonds is 4. The van der Waals surface area contributed by atoms with Gasteiger partial charge in [-0.05, 0) is 49.1 Å². The summed E-state index contributed by atoms with van der Waals surface area (Å²) < 4.78 is 5.16. The molecule has 0 radical (unpaired) electrons. The smallest absolute Gasteiger partial charge is 0.236 e. The van der Waals surface area contributed by atoms with Crippen molar-refractivity contribution in [3.63, 3.8) is 0 Å². The number of halogens is 1. The molecule has 3 rings (SSSR count). The summed E-state index contributed by atoms with van der Waals surface area (Å²) in [6.45, 7) is 1.88. The van der Waals surface area contributed by atoms with Crippen LogP contribution >= 0.6 is 11.6 Å². The highest BCUT2D eigenvalue weighted by Gasteiger charge is 2.51. The fourth-order valence-electron chi connectivity index (χ4n) is 2.49. The quantitative estimate of drug-likeness (QED) is 0.875. The summed E-state index contributed by atoms with van der Waals surface area (Å²) in [6, 6.07) is 11.3. The molecule has 5 heteroatoms. The zero-order valence-corrected chi connectivity index (χ0v) is 13.3. The zero-order chi connectivity index (χ0) is 15.7. The number of aryl methyl sites for hydroxylation is 1. The Hall–Kier alpha value is -2.07. The summed E-state index contributed by atoms with van der Waals surface area (Å²) in [5, 5.41) is 3.28. The maximum atomic E-state index is 12.6. The fraction of sp³-hybridized carbons (Fsp3) is 0.294. The first-order chi connectivity index (χ1) is 10.5. The zero-order valence-electron chi connectivity index (χ0n) is 12.5. The molecule has 0 spiro atoms. The van der Waals surface area contributed by atoms with Crippen LogP contribution in [0.25, 0.3) is 0 Å². The average molecular weight is 317 g/mol. The van der Waals surface area contributed by atoms with Gasteiger partial charge in [-0.3, -0.25) is 4.79 Å². The summed E-state index contributed by atoms with van der Waals surface area (Å²) >= 11 is 6.00. The average Bonchev–Trinajstić information content (AvgIpc) is 3.33. The van der Waals surface area contributed by atoms with Gasteiger partial charge in [0.2, 0.25) is 5.91 Å². The van der Waals surface area contributed by atoms with Gasteiger partial charge in [-0.25, -0.2) is 4.98 Å². The summed E-state index contributed by atoms with van der Waals surface area (Å²) in [5.74, 6) is 1.23. The Balaban J connectivity index is 1.79. The van der Waals surface area contributed by atoms with Crippen LogP contribution in [0.15, 0.2) is 36.4 Å². The lowest BCUT2D eigenvalue weighted by Crippen LogP contribution is -2.28. The van der Waals surface area contributed by atoms with Gasteiger partial charge in [0.15, 0.2) is 0 Å². The van der Waals surface area contributed by atoms with Crippen LogP contribution in [0, 0.1) is 6.92 Å². The van der Waals surface area contributed by atoms with Crippen molar-refractivity contribution in [2.45, 2.75) is 25.2 Å². The predicted molar refractivity (Wildman–Crippen MR) is 86.5 cm³/mol. The van der Waals surface area contributed by atoms with Crippen LogP contribution in [0.5, 0.6) is 5.75 Å². The molecule has 1 N–H and O–H groups in total. The summed E-state index contributed by atoms with van der Waals surface area (Å²) in [5.41, 5.74) is 1.44. The van der Waals surface area contributed by atoms with E-state index < -0.39 is 5.41 Å². The number of nitrogens with zero attached hydrogens (tertiary/aromatic N) is 1. The first kappa shape index (κ1) is 14.9. The second-order valence-corrected chi connectivity index (χ2v) is 5.93. The predicted octanol–water partition coefficient (Wildman–Crippen LogP) is 3.72. The molecule has 1 saturated carbocycles. The van der Waals surface area contributed by atoms with Gasteiger partial charge >= 0.3 is 0 Å². The normalized spacial score (nSPS) is 15.2. The standard InChI is InChI=1S/C17H17ClN2O2/c1-11-3-8-14(19-15(11)18)20-16(21)17(9-10-17)12-4-6-13(22-2)7-5-12/h3-8H,9-10H2,1-2H3,(H,19,20,21). The molecule has 0 aliphatic heterocycles. The Morgan fingerprint density at radius 1 is 1.23 bits per heavy atom. The van der Waals surface area contributed by atoms with Crippen molar-refractivity contribution in [1.82, 2.24) is 4.98 Å². The number of carbonyl (C=O) groups excluding carboxylic acids is 1. The van der Waals surface area contributed by atoms with E-state index in [4.69, 9.17) is 16.3 Å². The fourth-order valence-corrected chi connectivity index (χ4v) is 2.65. The molecule has 114 valence electrons. The third kappa shape index (κ3) is 2.66. The van der Waals surface area contributed by atoms with Gasteiger partial charge < -0.3 is 10.1 Å². The van der Waals surface area contributed by atoms with Crippen LogP contribution in [0.4, 0.5) is 5.82 Å². The second kappa shape index (κ2) is 5.61. The highest BCUT2D eigenvalue weighted by Crippen LogP contribution is 2.49. The number of ether oxygens (including phenoxy) is 1. The van der Waals surface area contributed by atoms with E-state index in [2.05, 4.69) is 10.3 Å². The SMILES string of the molecule is COc1ccc(C2(C(=O)Nc3ccc(C)c(Cl)n3)CC2)cc1. The van der Waals surface area contributed by atoms with Crippen LogP contribution in [-0.2, 0) is 10.2 Å². The lowest BCUT2D eigenvalue weighted by atomic mass is 9.95. The van der Waals surface area contributed by atoms with E-state index in [0.717, 1.165) is 29.7 Å². The third-order valence-corrected chi connectivity index (χ3v) is 4.49. The Morgan fingerprint density at radius 3 is 2.45 bits per heavy atom. The molecule has 0 bridgehead atoms. The Labute approximate surface area is 134 Å². The molecule has 1 fully saturated rings. The molecule has 1 aromatic carbocycles. The Bertz CT molecular complexity index is 709. The van der Waals surface area contributed by atoms with E-state index in [1.807, 2.05) is 37.3 Å². The van der Waals surface area contributed by atoms with Gasteiger partial charge in [-0.2, -0.15) is 0 Å². The van der Waals surface area contributed by atoms with Gasteiger partial charge in [-0.15, -0.1) is 0 Å². The number of aromatic nitrogens is 1. The minimum Gasteiger partial charge on any atom is -0.497 e. The minimum absolute atomic E-state index is 0.0370. The molecule has 1 aliphatic rings. The lowest BCUT2D eigenvalue weighted by molar-refractivity contribution is -0.118.